The number of hydrogen-bond acceptors (Lipinski definition) is 14. The van der Waals surface area contributed by atoms with Crippen LogP contribution in [0.3, 0.4) is 0 Å². The highest BCUT2D eigenvalue weighted by Crippen LogP contribution is 2.40. The smallest absolute Gasteiger partial charge is 0.311 e. The Morgan fingerprint density at radius 1 is 0.967 bits per heavy atom. The summed E-state index contributed by atoms with van der Waals surface area (Å²) in [6, 6.07) is 8.64. The number of carbonyl (C=O) groups is 1. The first-order valence-electron chi connectivity index (χ1n) is 22.0. The van der Waals surface area contributed by atoms with E-state index in [1.165, 1.54) is 14.0 Å². The second-order valence-corrected chi connectivity index (χ2v) is 19.4. The summed E-state index contributed by atoms with van der Waals surface area (Å²) in [7, 11) is 5.26. The highest BCUT2D eigenvalue weighted by atomic mass is 32.1. The minimum Gasteiger partial charge on any atom is -0.459 e. The largest absolute Gasteiger partial charge is 0.459 e. The first kappa shape index (κ1) is 51.6. The van der Waals surface area contributed by atoms with Crippen molar-refractivity contribution in [1.29, 1.82) is 0 Å². The summed E-state index contributed by atoms with van der Waals surface area (Å²) in [4.78, 5) is 18.2. The van der Waals surface area contributed by atoms with Crippen LogP contribution in [0, 0.1) is 17.8 Å². The molecule has 0 unspecified atom stereocenters. The number of thiocarbonyl (C=S) groups is 1. The molecule has 0 aromatic heterocycles. The lowest BCUT2D eigenvalue weighted by molar-refractivity contribution is -0.318. The molecule has 0 bridgehead atoms. The maximum atomic E-state index is 14.5. The average molecular weight is 884 g/mol. The molecule has 4 rings (SSSR count). The fourth-order valence-electron chi connectivity index (χ4n) is 9.65. The van der Waals surface area contributed by atoms with Gasteiger partial charge in [0.05, 0.1) is 47.6 Å². The van der Waals surface area contributed by atoms with Crippen molar-refractivity contribution in [3.05, 3.63) is 35.9 Å². The van der Waals surface area contributed by atoms with Crippen molar-refractivity contribution in [1.82, 2.24) is 15.1 Å². The fourth-order valence-corrected chi connectivity index (χ4v) is 9.97. The molecule has 1 aromatic carbocycles. The molecule has 0 radical (unpaired) electrons. The predicted octanol–water partition coefficient (Wildman–Crippen LogP) is 3.35. The Morgan fingerprint density at radius 3 is 2.20 bits per heavy atom. The second-order valence-electron chi connectivity index (χ2n) is 19.0. The number of aliphatic hydroxyl groups excluding tert-OH is 3. The third-order valence-corrected chi connectivity index (χ3v) is 13.8. The lowest BCUT2D eigenvalue weighted by Gasteiger charge is -2.49. The van der Waals surface area contributed by atoms with Crippen molar-refractivity contribution in [2.45, 2.75) is 192 Å². The number of nitrogens with zero attached hydrogens (tertiary/aromatic N) is 2. The van der Waals surface area contributed by atoms with Crippen LogP contribution in [0.1, 0.15) is 100 Å². The Labute approximate surface area is 369 Å². The van der Waals surface area contributed by atoms with Gasteiger partial charge in [0, 0.05) is 38.6 Å². The number of rotatable bonds is 9. The third-order valence-electron chi connectivity index (χ3n) is 13.5. The lowest BCUT2D eigenvalue weighted by Crippen LogP contribution is -2.61. The third kappa shape index (κ3) is 12.2. The summed E-state index contributed by atoms with van der Waals surface area (Å²) >= 11 is 5.98. The molecule has 350 valence electrons. The molecule has 3 heterocycles. The molecule has 3 fully saturated rings. The van der Waals surface area contributed by atoms with E-state index in [1.54, 1.807) is 46.4 Å². The van der Waals surface area contributed by atoms with E-state index < -0.39 is 96.0 Å². The first-order chi connectivity index (χ1) is 28.4. The van der Waals surface area contributed by atoms with Crippen LogP contribution in [0.25, 0.3) is 0 Å². The van der Waals surface area contributed by atoms with E-state index in [1.807, 2.05) is 70.1 Å². The predicted molar refractivity (Wildman–Crippen MR) is 234 cm³/mol. The van der Waals surface area contributed by atoms with Gasteiger partial charge in [0.15, 0.2) is 17.7 Å². The Morgan fingerprint density at radius 2 is 1.61 bits per heavy atom. The number of nitrogens with one attached hydrogen (secondary N) is 1. The van der Waals surface area contributed by atoms with Gasteiger partial charge in [0.25, 0.3) is 0 Å². The van der Waals surface area contributed by atoms with E-state index in [9.17, 15) is 30.3 Å². The Kier molecular flexibility index (Phi) is 18.0. The van der Waals surface area contributed by atoms with Crippen molar-refractivity contribution < 1.29 is 58.7 Å². The number of benzene rings is 1. The van der Waals surface area contributed by atoms with Gasteiger partial charge in [-0.2, -0.15) is 0 Å². The van der Waals surface area contributed by atoms with Crippen molar-refractivity contribution >= 4 is 23.3 Å². The molecular weight excluding hydrogens is 807 g/mol. The molecule has 3 saturated heterocycles. The second kappa shape index (κ2) is 21.3. The summed E-state index contributed by atoms with van der Waals surface area (Å²) in [5, 5.41) is 63.4. The zero-order chi connectivity index (χ0) is 45.8. The molecule has 0 spiro atoms. The number of carbonyl (C=O) groups excluding carboxylic acids is 1. The van der Waals surface area contributed by atoms with Gasteiger partial charge < -0.3 is 69.1 Å². The number of likely N-dealkylation sites (N-methyl/N-ethyl adjacent to an activating group) is 1. The van der Waals surface area contributed by atoms with Gasteiger partial charge >= 0.3 is 5.97 Å². The van der Waals surface area contributed by atoms with Gasteiger partial charge in [-0.15, -0.1) is 0 Å². The van der Waals surface area contributed by atoms with E-state index in [0.29, 0.717) is 18.1 Å². The fraction of sp³-hybridized carbons (Fsp3) is 0.822. The van der Waals surface area contributed by atoms with Crippen molar-refractivity contribution in [2.24, 2.45) is 17.8 Å². The van der Waals surface area contributed by atoms with Crippen LogP contribution in [-0.4, -0.2) is 164 Å². The highest BCUT2D eigenvalue weighted by molar-refractivity contribution is 7.80. The maximum Gasteiger partial charge on any atom is 0.311 e. The maximum absolute atomic E-state index is 14.5. The topological polar surface area (TPSA) is 192 Å². The minimum atomic E-state index is -1.94. The van der Waals surface area contributed by atoms with Gasteiger partial charge in [0.1, 0.15) is 30.0 Å². The molecule has 1 aromatic rings. The molecule has 0 saturated carbocycles. The Bertz CT molecular complexity index is 1560. The van der Waals surface area contributed by atoms with Crippen molar-refractivity contribution in [3.63, 3.8) is 0 Å². The first-order valence-corrected chi connectivity index (χ1v) is 22.4. The Hall–Kier alpha value is -2.06. The van der Waals surface area contributed by atoms with E-state index in [-0.39, 0.29) is 43.9 Å². The summed E-state index contributed by atoms with van der Waals surface area (Å²) < 4.78 is 38.0. The van der Waals surface area contributed by atoms with Gasteiger partial charge in [-0.25, -0.2) is 0 Å². The van der Waals surface area contributed by atoms with E-state index in [2.05, 4.69) is 5.32 Å². The van der Waals surface area contributed by atoms with Gasteiger partial charge in [-0.1, -0.05) is 51.1 Å². The normalized spacial score (nSPS) is 43.6. The summed E-state index contributed by atoms with van der Waals surface area (Å²) in [5.74, 6) is -2.91. The van der Waals surface area contributed by atoms with E-state index in [0.717, 1.165) is 5.56 Å². The number of methoxy groups -OCH3 is 1. The number of ether oxygens (including phenoxy) is 6. The van der Waals surface area contributed by atoms with Crippen LogP contribution >= 0.6 is 12.2 Å². The van der Waals surface area contributed by atoms with Crippen LogP contribution in [-0.2, 0) is 39.8 Å². The van der Waals surface area contributed by atoms with Crippen LogP contribution in [0.4, 0.5) is 0 Å². The van der Waals surface area contributed by atoms with E-state index >= 15 is 0 Å². The van der Waals surface area contributed by atoms with Gasteiger partial charge in [-0.3, -0.25) is 4.79 Å². The zero-order valence-corrected chi connectivity index (χ0v) is 39.5. The molecular formula is C45H77N3O12S. The standard InChI is InChI=1S/C45H77N3O12S/c1-14-33-45(10,54)37(50)29(6)48(42(61)46-23-31-18-16-15-17-19-31)24-25(2)21-43(8,53)39(60-41-35(49)32(47(11)12)20-26(3)56-41)27(4)36(28(5)40(52)58-33)59-34-22-44(9,55-13)38(51)30(7)57-34/h15-19,25-30,32-39,41,49-51,53-54H,14,20-24H2,1-13H3,(H,46,61)/t25-,26-,27+,28-,29-,30+,32+,33-,34+,35-,36+,37-,38+,39-,41+,43-,44-,45-/m1/s1. The number of hydrogen-bond donors (Lipinski definition) is 6. The van der Waals surface area contributed by atoms with Gasteiger partial charge in [0.2, 0.25) is 0 Å². The summed E-state index contributed by atoms with van der Waals surface area (Å²) in [5.41, 5.74) is -3.66. The minimum absolute atomic E-state index is 0.107. The molecule has 16 heteroatoms. The van der Waals surface area contributed by atoms with Crippen LogP contribution in [0.2, 0.25) is 0 Å². The Balaban J connectivity index is 1.84. The highest BCUT2D eigenvalue weighted by Gasteiger charge is 2.53. The molecule has 0 amide bonds. The molecule has 3 aliphatic heterocycles. The molecule has 0 aliphatic carbocycles. The molecule has 18 atom stereocenters. The van der Waals surface area contributed by atoms with Crippen LogP contribution in [0.5, 0.6) is 0 Å². The molecule has 6 N–H and O–H groups in total. The van der Waals surface area contributed by atoms with E-state index in [4.69, 9.17) is 40.6 Å². The van der Waals surface area contributed by atoms with Crippen LogP contribution < -0.4 is 5.32 Å². The van der Waals surface area contributed by atoms with Crippen LogP contribution in [0.15, 0.2) is 30.3 Å². The number of cyclic esters (lactones) is 1. The quantitative estimate of drug-likeness (QED) is 0.156. The molecule has 61 heavy (non-hydrogen) atoms. The van der Waals surface area contributed by atoms with Crippen molar-refractivity contribution in [2.75, 3.05) is 27.7 Å². The monoisotopic (exact) mass is 884 g/mol. The van der Waals surface area contributed by atoms with Crippen molar-refractivity contribution in [3.8, 4) is 0 Å². The summed E-state index contributed by atoms with van der Waals surface area (Å²) in [6.45, 7) is 18.1. The molecule has 3 aliphatic rings. The SMILES string of the molecule is CC[C@H]1OC(=O)[C@H](C)[C@@H](O[C@H]2C[C@@](C)(OC)[C@@H](O)[C@H](C)O2)[C@H](C)[C@@H](O[C@@H]2O[C@H](C)C[C@H](N(C)C)[C@H]2O)[C@](C)(O)C[C@@H](C)CN(C(=S)NCc2ccccc2)[C@H](C)[C@@H](O)[C@]1(C)O. The number of esters is 1. The molecule has 15 nitrogen and oxygen atoms in total. The zero-order valence-electron chi connectivity index (χ0n) is 38.7. The summed E-state index contributed by atoms with van der Waals surface area (Å²) in [6.07, 6.45) is -9.04. The number of aliphatic hydroxyl groups is 5. The lowest BCUT2D eigenvalue weighted by atomic mass is 9.77. The average Bonchev–Trinajstić information content (AvgIpc) is 3.20. The van der Waals surface area contributed by atoms with Gasteiger partial charge in [-0.05, 0) is 106 Å².